The van der Waals surface area contributed by atoms with Gasteiger partial charge in [-0.2, -0.15) is 0 Å². The number of methoxy groups -OCH3 is 2. The molecular weight excluding hydrogens is 298 g/mol. The van der Waals surface area contributed by atoms with Crippen molar-refractivity contribution in [3.63, 3.8) is 0 Å². The topological polar surface area (TPSA) is 106 Å². The van der Waals surface area contributed by atoms with E-state index in [1.807, 2.05) is 0 Å². The lowest BCUT2D eigenvalue weighted by molar-refractivity contribution is -0.137. The number of esters is 2. The summed E-state index contributed by atoms with van der Waals surface area (Å²) in [6, 6.07) is 0.785. The molecule has 8 nitrogen and oxygen atoms in total. The van der Waals surface area contributed by atoms with Gasteiger partial charge >= 0.3 is 20.7 Å². The van der Waals surface area contributed by atoms with Crippen LogP contribution in [0, 0.1) is 0 Å². The van der Waals surface area contributed by atoms with E-state index >= 15 is 0 Å². The fourth-order valence-electron chi connectivity index (χ4n) is 1.15. The molecule has 0 aliphatic heterocycles. The number of carbonyl (C=O) groups is 2. The highest BCUT2D eigenvalue weighted by molar-refractivity contribution is 6.60. The Balaban J connectivity index is 0. The van der Waals surface area contributed by atoms with Crippen molar-refractivity contribution in [3.8, 4) is 0 Å². The quantitative estimate of drug-likeness (QED) is 0.381. The minimum atomic E-state index is -2.32. The molecule has 0 fully saturated rings. The first kappa shape index (κ1) is 22.0. The fourth-order valence-corrected chi connectivity index (χ4v) is 2.90. The number of rotatable bonds is 8. The van der Waals surface area contributed by atoms with Crippen LogP contribution in [0.5, 0.6) is 0 Å². The van der Waals surface area contributed by atoms with E-state index in [1.165, 1.54) is 14.2 Å². The van der Waals surface area contributed by atoms with E-state index in [2.05, 4.69) is 9.47 Å². The molecule has 0 atom stereocenters. The SMILES string of the molecule is COC(=O)C=CC(=O)OC.CO[Si](CCCN)(OC)OC. The van der Waals surface area contributed by atoms with Crippen LogP contribution in [-0.4, -0.2) is 62.8 Å². The Morgan fingerprint density at radius 1 is 0.905 bits per heavy atom. The van der Waals surface area contributed by atoms with Crippen LogP contribution in [0.15, 0.2) is 12.2 Å². The molecule has 0 unspecified atom stereocenters. The van der Waals surface area contributed by atoms with Crippen LogP contribution in [0.1, 0.15) is 6.42 Å². The molecule has 0 saturated carbocycles. The molecule has 2 N–H and O–H groups in total. The molecule has 0 rings (SSSR count). The smallest absolute Gasteiger partial charge is 0.466 e. The number of nitrogens with two attached hydrogens (primary N) is 1. The van der Waals surface area contributed by atoms with Crippen molar-refractivity contribution in [3.05, 3.63) is 12.2 Å². The van der Waals surface area contributed by atoms with Gasteiger partial charge in [-0.15, -0.1) is 0 Å². The van der Waals surface area contributed by atoms with E-state index in [9.17, 15) is 9.59 Å². The van der Waals surface area contributed by atoms with Crippen LogP contribution in [0.25, 0.3) is 0 Å². The van der Waals surface area contributed by atoms with Gasteiger partial charge in [-0.1, -0.05) is 0 Å². The Hall–Kier alpha value is -1.26. The lowest BCUT2D eigenvalue weighted by Crippen LogP contribution is -2.42. The molecule has 0 aliphatic carbocycles. The zero-order valence-corrected chi connectivity index (χ0v) is 14.2. The molecule has 21 heavy (non-hydrogen) atoms. The van der Waals surface area contributed by atoms with Crippen LogP contribution in [0.2, 0.25) is 6.04 Å². The molecule has 0 heterocycles. The summed E-state index contributed by atoms with van der Waals surface area (Å²) >= 11 is 0. The van der Waals surface area contributed by atoms with Crippen molar-refractivity contribution in [2.24, 2.45) is 5.73 Å². The van der Waals surface area contributed by atoms with Gasteiger partial charge in [0.2, 0.25) is 0 Å². The van der Waals surface area contributed by atoms with E-state index in [1.54, 1.807) is 21.3 Å². The molecule has 0 bridgehead atoms. The number of hydrogen-bond donors (Lipinski definition) is 1. The summed E-state index contributed by atoms with van der Waals surface area (Å²) < 4.78 is 24.0. The van der Waals surface area contributed by atoms with Crippen LogP contribution in [0.3, 0.4) is 0 Å². The lowest BCUT2D eigenvalue weighted by Gasteiger charge is -2.23. The van der Waals surface area contributed by atoms with Gasteiger partial charge in [0.15, 0.2) is 0 Å². The van der Waals surface area contributed by atoms with Crippen molar-refractivity contribution < 1.29 is 32.3 Å². The molecule has 0 amide bonds. The molecular formula is C12H25NO7Si. The monoisotopic (exact) mass is 323 g/mol. The van der Waals surface area contributed by atoms with Crippen LogP contribution < -0.4 is 5.73 Å². The van der Waals surface area contributed by atoms with E-state index in [4.69, 9.17) is 19.0 Å². The first-order valence-electron chi connectivity index (χ1n) is 6.14. The fraction of sp³-hybridized carbons (Fsp3) is 0.667. The normalized spacial score (nSPS) is 10.8. The number of hydrogen-bond acceptors (Lipinski definition) is 8. The summed E-state index contributed by atoms with van der Waals surface area (Å²) in [7, 11) is 4.95. The predicted molar refractivity (Wildman–Crippen MR) is 78.4 cm³/mol. The third-order valence-electron chi connectivity index (χ3n) is 2.38. The zero-order chi connectivity index (χ0) is 16.7. The minimum Gasteiger partial charge on any atom is -0.466 e. The predicted octanol–water partition coefficient (Wildman–Crippen LogP) is 0.102. The van der Waals surface area contributed by atoms with Crippen molar-refractivity contribution >= 4 is 20.7 Å². The summed E-state index contributed by atoms with van der Waals surface area (Å²) in [6.07, 6.45) is 2.86. The summed E-state index contributed by atoms with van der Waals surface area (Å²) in [5.41, 5.74) is 5.36. The average molecular weight is 323 g/mol. The highest BCUT2D eigenvalue weighted by Gasteiger charge is 2.36. The van der Waals surface area contributed by atoms with Gasteiger partial charge in [0.1, 0.15) is 0 Å². The standard InChI is InChI=1S/C6H17NO3Si.C6H8O4/c1-8-11(9-2,10-3)6-4-5-7;1-9-5(7)3-4-6(8)10-2/h4-7H2,1-3H3;3-4H,1-2H3. The number of ether oxygens (including phenoxy) is 2. The third-order valence-corrected chi connectivity index (χ3v) is 5.21. The van der Waals surface area contributed by atoms with Gasteiger partial charge < -0.3 is 28.5 Å². The van der Waals surface area contributed by atoms with Crippen LogP contribution in [-0.2, 0) is 32.3 Å². The van der Waals surface area contributed by atoms with Crippen molar-refractivity contribution in [2.75, 3.05) is 42.1 Å². The first-order valence-corrected chi connectivity index (χ1v) is 8.07. The summed E-state index contributed by atoms with van der Waals surface area (Å²) in [4.78, 5) is 20.6. The maximum atomic E-state index is 10.3. The molecule has 0 aromatic heterocycles. The van der Waals surface area contributed by atoms with Crippen molar-refractivity contribution in [2.45, 2.75) is 12.5 Å². The van der Waals surface area contributed by atoms with Crippen molar-refractivity contribution in [1.82, 2.24) is 0 Å². The Kier molecular flexibility index (Phi) is 14.4. The average Bonchev–Trinajstić information content (AvgIpc) is 2.54. The lowest BCUT2D eigenvalue weighted by atomic mass is 10.5. The maximum Gasteiger partial charge on any atom is 0.500 e. The largest absolute Gasteiger partial charge is 0.500 e. The second-order valence-electron chi connectivity index (χ2n) is 3.57. The second-order valence-corrected chi connectivity index (χ2v) is 6.66. The van der Waals surface area contributed by atoms with Crippen LogP contribution >= 0.6 is 0 Å². The van der Waals surface area contributed by atoms with Gasteiger partial charge in [0.25, 0.3) is 0 Å². The van der Waals surface area contributed by atoms with E-state index in [0.29, 0.717) is 6.54 Å². The Morgan fingerprint density at radius 2 is 1.29 bits per heavy atom. The summed E-state index contributed by atoms with van der Waals surface area (Å²) in [5.74, 6) is -1.16. The molecule has 0 aliphatic rings. The molecule has 124 valence electrons. The highest BCUT2D eigenvalue weighted by atomic mass is 28.4. The zero-order valence-electron chi connectivity index (χ0n) is 13.2. The Morgan fingerprint density at radius 3 is 1.52 bits per heavy atom. The molecule has 0 aromatic carbocycles. The van der Waals surface area contributed by atoms with E-state index in [0.717, 1.165) is 24.6 Å². The highest BCUT2D eigenvalue weighted by Crippen LogP contribution is 2.13. The van der Waals surface area contributed by atoms with Gasteiger partial charge in [0.05, 0.1) is 14.2 Å². The third kappa shape index (κ3) is 11.1. The molecule has 0 spiro atoms. The molecule has 9 heteroatoms. The van der Waals surface area contributed by atoms with Gasteiger partial charge in [-0.05, 0) is 13.0 Å². The Labute approximate surface area is 126 Å². The minimum absolute atomic E-state index is 0.578. The van der Waals surface area contributed by atoms with Crippen molar-refractivity contribution in [1.29, 1.82) is 0 Å². The van der Waals surface area contributed by atoms with Crippen LogP contribution in [0.4, 0.5) is 0 Å². The molecule has 0 saturated heterocycles. The summed E-state index contributed by atoms with van der Waals surface area (Å²) in [6.45, 7) is 0.644. The van der Waals surface area contributed by atoms with E-state index in [-0.39, 0.29) is 0 Å². The number of carbonyl (C=O) groups excluding carboxylic acids is 2. The summed E-state index contributed by atoms with van der Waals surface area (Å²) in [5, 5.41) is 0. The van der Waals surface area contributed by atoms with Gasteiger partial charge in [-0.25, -0.2) is 9.59 Å². The maximum absolute atomic E-state index is 10.3. The van der Waals surface area contributed by atoms with Gasteiger partial charge in [-0.3, -0.25) is 0 Å². The van der Waals surface area contributed by atoms with E-state index < -0.39 is 20.7 Å². The van der Waals surface area contributed by atoms with Gasteiger partial charge in [0, 0.05) is 39.5 Å². The first-order chi connectivity index (χ1) is 9.94. The molecule has 0 aromatic rings. The Bertz CT molecular complexity index is 292. The second kappa shape index (κ2) is 13.7. The molecule has 0 radical (unpaired) electrons.